The van der Waals surface area contributed by atoms with Gasteiger partial charge in [-0.2, -0.15) is 0 Å². The van der Waals surface area contributed by atoms with Crippen molar-refractivity contribution in [3.8, 4) is 0 Å². The molecule has 0 bridgehead atoms. The molecule has 1 heterocycles. The Kier molecular flexibility index (Phi) is 5.28. The Hall–Kier alpha value is -2.47. The smallest absolute Gasteiger partial charge is 0.282 e. The highest BCUT2D eigenvalue weighted by Crippen LogP contribution is 2.14. The van der Waals surface area contributed by atoms with E-state index >= 15 is 0 Å². The number of carbonyl (C=O) groups excluding carboxylic acids is 1. The number of quaternary nitrogens is 1. The van der Waals surface area contributed by atoms with Gasteiger partial charge in [0.1, 0.15) is 0 Å². The number of piperazine rings is 1. The van der Waals surface area contributed by atoms with Crippen LogP contribution >= 0.6 is 0 Å². The zero-order chi connectivity index (χ0) is 17.8. The molecule has 0 radical (unpaired) electrons. The summed E-state index contributed by atoms with van der Waals surface area (Å²) < 4.78 is 26.2. The van der Waals surface area contributed by atoms with Gasteiger partial charge in [-0.05, 0) is 31.2 Å². The van der Waals surface area contributed by atoms with Gasteiger partial charge in [0.05, 0.1) is 26.2 Å². The number of amides is 1. The van der Waals surface area contributed by atoms with Crippen molar-refractivity contribution in [3.63, 3.8) is 0 Å². The molecule has 1 saturated heterocycles. The van der Waals surface area contributed by atoms with Crippen molar-refractivity contribution in [2.24, 2.45) is 0 Å². The molecule has 1 aliphatic heterocycles. The van der Waals surface area contributed by atoms with E-state index in [1.807, 2.05) is 25.1 Å². The van der Waals surface area contributed by atoms with E-state index in [1.165, 1.54) is 16.7 Å². The lowest BCUT2D eigenvalue weighted by Crippen LogP contribution is -3.19. The maximum atomic E-state index is 13.3. The lowest BCUT2D eigenvalue weighted by Gasteiger charge is -2.36. The van der Waals surface area contributed by atoms with E-state index < -0.39 is 11.6 Å². The Morgan fingerprint density at radius 1 is 1.08 bits per heavy atom. The first-order valence-electron chi connectivity index (χ1n) is 8.45. The standard InChI is InChI=1S/C19H21F2N3O/c1-14(19(25)22-15-7-8-17(20)18(21)13-15)23-9-11-24(12-10-23)16-5-3-2-4-6-16/h2-8,13-14H,9-12H2,1H3,(H,22,25)/p+1/t14-/m1/s1. The summed E-state index contributed by atoms with van der Waals surface area (Å²) in [4.78, 5) is 15.9. The van der Waals surface area contributed by atoms with Crippen LogP contribution in [0.1, 0.15) is 6.92 Å². The van der Waals surface area contributed by atoms with Crippen molar-refractivity contribution in [1.29, 1.82) is 0 Å². The molecule has 1 atom stereocenters. The molecule has 132 valence electrons. The maximum absolute atomic E-state index is 13.3. The van der Waals surface area contributed by atoms with E-state index in [2.05, 4.69) is 22.3 Å². The summed E-state index contributed by atoms with van der Waals surface area (Å²) in [7, 11) is 0. The Balaban J connectivity index is 1.55. The Morgan fingerprint density at radius 3 is 2.40 bits per heavy atom. The summed E-state index contributed by atoms with van der Waals surface area (Å²) in [5.74, 6) is -2.07. The first kappa shape index (κ1) is 17.4. The minimum Gasteiger partial charge on any atom is -0.360 e. The van der Waals surface area contributed by atoms with Gasteiger partial charge >= 0.3 is 0 Å². The van der Waals surface area contributed by atoms with Gasteiger partial charge in [0, 0.05) is 17.4 Å². The number of hydrogen-bond acceptors (Lipinski definition) is 2. The summed E-state index contributed by atoms with van der Waals surface area (Å²) >= 11 is 0. The van der Waals surface area contributed by atoms with E-state index in [4.69, 9.17) is 0 Å². The molecule has 2 aromatic carbocycles. The molecule has 25 heavy (non-hydrogen) atoms. The van der Waals surface area contributed by atoms with Gasteiger partial charge in [-0.3, -0.25) is 4.79 Å². The van der Waals surface area contributed by atoms with Crippen molar-refractivity contribution in [1.82, 2.24) is 0 Å². The Labute approximate surface area is 146 Å². The van der Waals surface area contributed by atoms with Gasteiger partial charge in [-0.25, -0.2) is 8.78 Å². The third-order valence-corrected chi connectivity index (χ3v) is 4.72. The second-order valence-corrected chi connectivity index (χ2v) is 6.32. The molecule has 0 unspecified atom stereocenters. The second-order valence-electron chi connectivity index (χ2n) is 6.32. The van der Waals surface area contributed by atoms with E-state index in [9.17, 15) is 13.6 Å². The fourth-order valence-corrected chi connectivity index (χ4v) is 3.13. The average Bonchev–Trinajstić information content (AvgIpc) is 2.65. The van der Waals surface area contributed by atoms with Crippen LogP contribution in [0.2, 0.25) is 0 Å². The van der Waals surface area contributed by atoms with Gasteiger partial charge in [0.2, 0.25) is 0 Å². The van der Waals surface area contributed by atoms with Crippen LogP contribution < -0.4 is 15.1 Å². The normalized spacial score (nSPS) is 16.5. The van der Waals surface area contributed by atoms with Crippen molar-refractivity contribution in [3.05, 3.63) is 60.2 Å². The molecule has 3 rings (SSSR count). The fraction of sp³-hybridized carbons (Fsp3) is 0.316. The largest absolute Gasteiger partial charge is 0.360 e. The van der Waals surface area contributed by atoms with E-state index in [-0.39, 0.29) is 17.6 Å². The predicted octanol–water partition coefficient (Wildman–Crippen LogP) is 1.70. The molecule has 1 aliphatic rings. The summed E-state index contributed by atoms with van der Waals surface area (Å²) in [5, 5.41) is 2.67. The number of carbonyl (C=O) groups is 1. The first-order valence-corrected chi connectivity index (χ1v) is 8.45. The topological polar surface area (TPSA) is 36.8 Å². The molecule has 0 spiro atoms. The molecular weight excluding hydrogens is 324 g/mol. The number of benzene rings is 2. The van der Waals surface area contributed by atoms with Crippen LogP contribution in [0.4, 0.5) is 20.2 Å². The zero-order valence-electron chi connectivity index (χ0n) is 14.1. The number of nitrogens with zero attached hydrogens (tertiary/aromatic N) is 1. The number of rotatable bonds is 4. The molecule has 6 heteroatoms. The maximum Gasteiger partial charge on any atom is 0.282 e. The zero-order valence-corrected chi connectivity index (χ0v) is 14.1. The first-order chi connectivity index (χ1) is 12.0. The SMILES string of the molecule is C[C@H](C(=O)Nc1ccc(F)c(F)c1)[NH+]1CCN(c2ccccc2)CC1. The van der Waals surface area contributed by atoms with Crippen LogP contribution in [-0.4, -0.2) is 38.1 Å². The third kappa shape index (κ3) is 4.14. The fourth-order valence-electron chi connectivity index (χ4n) is 3.13. The molecule has 0 aliphatic carbocycles. The summed E-state index contributed by atoms with van der Waals surface area (Å²) in [5.41, 5.74) is 1.47. The van der Waals surface area contributed by atoms with E-state index in [0.29, 0.717) is 0 Å². The number of nitrogens with one attached hydrogen (secondary N) is 2. The highest BCUT2D eigenvalue weighted by molar-refractivity contribution is 5.93. The van der Waals surface area contributed by atoms with Gasteiger partial charge in [0.15, 0.2) is 17.7 Å². The van der Waals surface area contributed by atoms with Gasteiger partial charge in [-0.1, -0.05) is 18.2 Å². The van der Waals surface area contributed by atoms with E-state index in [0.717, 1.165) is 38.3 Å². The highest BCUT2D eigenvalue weighted by Gasteiger charge is 2.29. The monoisotopic (exact) mass is 346 g/mol. The predicted molar refractivity (Wildman–Crippen MR) is 93.8 cm³/mol. The number of hydrogen-bond donors (Lipinski definition) is 2. The molecule has 0 aromatic heterocycles. The lowest BCUT2D eigenvalue weighted by atomic mass is 10.2. The molecule has 4 nitrogen and oxygen atoms in total. The molecule has 1 fully saturated rings. The average molecular weight is 346 g/mol. The minimum atomic E-state index is -0.964. The Bertz CT molecular complexity index is 731. The molecule has 0 saturated carbocycles. The summed E-state index contributed by atoms with van der Waals surface area (Å²) in [6, 6.07) is 13.3. The molecule has 2 N–H and O–H groups in total. The van der Waals surface area contributed by atoms with Crippen molar-refractivity contribution in [2.75, 3.05) is 36.4 Å². The second kappa shape index (κ2) is 7.61. The van der Waals surface area contributed by atoms with Crippen LogP contribution in [0, 0.1) is 11.6 Å². The quantitative estimate of drug-likeness (QED) is 0.884. The van der Waals surface area contributed by atoms with Crippen LogP contribution in [0.5, 0.6) is 0 Å². The number of anilines is 2. The van der Waals surface area contributed by atoms with Crippen LogP contribution in [0.3, 0.4) is 0 Å². The lowest BCUT2D eigenvalue weighted by molar-refractivity contribution is -0.914. The van der Waals surface area contributed by atoms with Crippen molar-refractivity contribution in [2.45, 2.75) is 13.0 Å². The minimum absolute atomic E-state index is 0.186. The number of halogens is 2. The van der Waals surface area contributed by atoms with Crippen LogP contribution in [0.25, 0.3) is 0 Å². The van der Waals surface area contributed by atoms with Crippen molar-refractivity contribution >= 4 is 17.3 Å². The van der Waals surface area contributed by atoms with Gasteiger partial charge in [-0.15, -0.1) is 0 Å². The number of para-hydroxylation sites is 1. The van der Waals surface area contributed by atoms with Crippen LogP contribution in [-0.2, 0) is 4.79 Å². The van der Waals surface area contributed by atoms with Crippen molar-refractivity contribution < 1.29 is 18.5 Å². The summed E-state index contributed by atoms with van der Waals surface area (Å²) in [6.45, 7) is 5.32. The third-order valence-electron chi connectivity index (χ3n) is 4.72. The Morgan fingerprint density at radius 2 is 1.76 bits per heavy atom. The van der Waals surface area contributed by atoms with Crippen LogP contribution in [0.15, 0.2) is 48.5 Å². The molecular formula is C19H22F2N3O+. The summed E-state index contributed by atoms with van der Waals surface area (Å²) in [6.07, 6.45) is 0. The molecule has 1 amide bonds. The highest BCUT2D eigenvalue weighted by atomic mass is 19.2. The van der Waals surface area contributed by atoms with E-state index in [1.54, 1.807) is 0 Å². The van der Waals surface area contributed by atoms with Gasteiger partial charge < -0.3 is 15.1 Å². The molecule has 2 aromatic rings. The van der Waals surface area contributed by atoms with Gasteiger partial charge in [0.25, 0.3) is 5.91 Å².